The molecule has 0 saturated heterocycles. The predicted molar refractivity (Wildman–Crippen MR) is 103 cm³/mol. The lowest BCUT2D eigenvalue weighted by atomic mass is 10.1. The molecule has 0 aliphatic rings. The summed E-state index contributed by atoms with van der Waals surface area (Å²) in [5.74, 6) is 0.865. The second-order valence-electron chi connectivity index (χ2n) is 5.53. The van der Waals surface area contributed by atoms with Gasteiger partial charge in [-0.1, -0.05) is 48.4 Å². The predicted octanol–water partition coefficient (Wildman–Crippen LogP) is 5.55. The zero-order valence-corrected chi connectivity index (χ0v) is 16.5. The Morgan fingerprint density at radius 2 is 2.04 bits per heavy atom. The Balaban J connectivity index is 1.74. The molecule has 2 rings (SSSR count). The maximum Gasteiger partial charge on any atom is 0.226 e. The van der Waals surface area contributed by atoms with Crippen LogP contribution in [-0.4, -0.2) is 22.7 Å². The average Bonchev–Trinajstić information content (AvgIpc) is 3.02. The van der Waals surface area contributed by atoms with Crippen LogP contribution in [0.2, 0.25) is 10.0 Å². The van der Waals surface area contributed by atoms with Crippen LogP contribution in [0.15, 0.2) is 18.2 Å². The summed E-state index contributed by atoms with van der Waals surface area (Å²) in [5, 5.41) is 13.5. The monoisotopic (exact) mass is 401 g/mol. The van der Waals surface area contributed by atoms with E-state index in [0.717, 1.165) is 17.8 Å². The minimum Gasteiger partial charge on any atom is -0.492 e. The third kappa shape index (κ3) is 6.13. The van der Waals surface area contributed by atoms with Crippen molar-refractivity contribution in [1.82, 2.24) is 10.2 Å². The second kappa shape index (κ2) is 9.94. The molecule has 0 radical (unpaired) electrons. The van der Waals surface area contributed by atoms with Gasteiger partial charge in [0.15, 0.2) is 0 Å². The molecule has 1 N–H and O–H groups in total. The molecule has 136 valence electrons. The van der Waals surface area contributed by atoms with Crippen LogP contribution in [0.4, 0.5) is 5.13 Å². The molecule has 25 heavy (non-hydrogen) atoms. The quantitative estimate of drug-likeness (QED) is 0.559. The Bertz CT molecular complexity index is 705. The number of hydrogen-bond donors (Lipinski definition) is 1. The molecule has 1 aromatic carbocycles. The molecule has 0 aliphatic heterocycles. The van der Waals surface area contributed by atoms with Crippen molar-refractivity contribution in [2.75, 3.05) is 11.9 Å². The molecule has 1 aromatic heterocycles. The summed E-state index contributed by atoms with van der Waals surface area (Å²) >= 11 is 13.3. The number of anilines is 1. The van der Waals surface area contributed by atoms with Gasteiger partial charge in [0.1, 0.15) is 10.8 Å². The van der Waals surface area contributed by atoms with Crippen molar-refractivity contribution in [3.63, 3.8) is 0 Å². The minimum atomic E-state index is -0.0990. The second-order valence-corrected chi connectivity index (χ2v) is 7.39. The first-order valence-corrected chi connectivity index (χ1v) is 9.81. The van der Waals surface area contributed by atoms with Crippen LogP contribution in [0.1, 0.15) is 50.5 Å². The van der Waals surface area contributed by atoms with Crippen molar-refractivity contribution < 1.29 is 9.53 Å². The Morgan fingerprint density at radius 1 is 1.28 bits per heavy atom. The van der Waals surface area contributed by atoms with E-state index in [0.29, 0.717) is 46.3 Å². The molecular weight excluding hydrogens is 381 g/mol. The van der Waals surface area contributed by atoms with E-state index >= 15 is 0 Å². The number of ether oxygens (including phenoxy) is 1. The number of halogens is 2. The largest absolute Gasteiger partial charge is 0.492 e. The third-order valence-electron chi connectivity index (χ3n) is 3.72. The molecule has 0 unspecified atom stereocenters. The van der Waals surface area contributed by atoms with E-state index in [4.69, 9.17) is 27.9 Å². The fourth-order valence-corrected chi connectivity index (χ4v) is 3.77. The van der Waals surface area contributed by atoms with E-state index in [1.54, 1.807) is 18.2 Å². The lowest BCUT2D eigenvalue weighted by Crippen LogP contribution is -2.12. The zero-order valence-electron chi connectivity index (χ0n) is 14.2. The number of benzene rings is 1. The Hall–Kier alpha value is -1.37. The Morgan fingerprint density at radius 3 is 2.72 bits per heavy atom. The van der Waals surface area contributed by atoms with E-state index in [1.807, 2.05) is 0 Å². The van der Waals surface area contributed by atoms with Gasteiger partial charge in [-0.2, -0.15) is 0 Å². The number of aromatic nitrogens is 2. The van der Waals surface area contributed by atoms with Crippen LogP contribution in [0, 0.1) is 0 Å². The molecule has 1 heterocycles. The summed E-state index contributed by atoms with van der Waals surface area (Å²) in [4.78, 5) is 12.0. The highest BCUT2D eigenvalue weighted by atomic mass is 35.5. The summed E-state index contributed by atoms with van der Waals surface area (Å²) in [5.41, 5.74) is 0. The first-order valence-electron chi connectivity index (χ1n) is 8.24. The Labute approximate surface area is 161 Å². The van der Waals surface area contributed by atoms with Crippen molar-refractivity contribution >= 4 is 45.6 Å². The molecule has 0 bridgehead atoms. The zero-order chi connectivity index (χ0) is 18.2. The number of nitrogens with one attached hydrogen (secondary N) is 1. The fourth-order valence-electron chi connectivity index (χ4n) is 2.28. The minimum absolute atomic E-state index is 0.0990. The first-order chi connectivity index (χ1) is 12.0. The molecule has 0 saturated carbocycles. The number of amides is 1. The van der Waals surface area contributed by atoms with Crippen LogP contribution >= 0.6 is 34.5 Å². The number of carbonyl (C=O) groups excluding carboxylic acids is 1. The molecule has 0 fully saturated rings. The summed E-state index contributed by atoms with van der Waals surface area (Å²) in [6.07, 6.45) is 2.95. The molecular formula is C17H21Cl2N3O2S. The van der Waals surface area contributed by atoms with Gasteiger partial charge in [0.05, 0.1) is 11.6 Å². The number of hydrogen-bond acceptors (Lipinski definition) is 5. The van der Waals surface area contributed by atoms with E-state index in [1.165, 1.54) is 11.3 Å². The standard InChI is InChI=1S/C17H21Cl2N3O2S/c1-3-11(4-2)16-21-22-17(25-16)20-15(23)6-5-9-24-14-8-7-12(18)10-13(14)19/h7-8,10-11H,3-6,9H2,1-2H3,(H,20,22,23). The number of rotatable bonds is 9. The van der Waals surface area contributed by atoms with Crippen LogP contribution in [0.25, 0.3) is 0 Å². The van der Waals surface area contributed by atoms with E-state index < -0.39 is 0 Å². The van der Waals surface area contributed by atoms with Gasteiger partial charge in [0.25, 0.3) is 0 Å². The van der Waals surface area contributed by atoms with E-state index in [-0.39, 0.29) is 5.91 Å². The van der Waals surface area contributed by atoms with E-state index in [2.05, 4.69) is 29.4 Å². The van der Waals surface area contributed by atoms with Gasteiger partial charge >= 0.3 is 0 Å². The van der Waals surface area contributed by atoms with Crippen LogP contribution < -0.4 is 10.1 Å². The summed E-state index contributed by atoms with van der Waals surface area (Å²) < 4.78 is 5.56. The SMILES string of the molecule is CCC(CC)c1nnc(NC(=O)CCCOc2ccc(Cl)cc2Cl)s1. The molecule has 0 aliphatic carbocycles. The topological polar surface area (TPSA) is 64.1 Å². The number of carbonyl (C=O) groups is 1. The molecule has 0 atom stereocenters. The maximum absolute atomic E-state index is 12.0. The van der Waals surface area contributed by atoms with Crippen LogP contribution in [-0.2, 0) is 4.79 Å². The van der Waals surface area contributed by atoms with Crippen molar-refractivity contribution in [3.8, 4) is 5.75 Å². The molecule has 2 aromatic rings. The normalized spacial score (nSPS) is 10.9. The number of nitrogens with zero attached hydrogens (tertiary/aromatic N) is 2. The van der Waals surface area contributed by atoms with Gasteiger partial charge < -0.3 is 10.1 Å². The van der Waals surface area contributed by atoms with Gasteiger partial charge in [0.2, 0.25) is 11.0 Å². The lowest BCUT2D eigenvalue weighted by molar-refractivity contribution is -0.116. The Kier molecular flexibility index (Phi) is 7.93. The summed E-state index contributed by atoms with van der Waals surface area (Å²) in [6.45, 7) is 4.64. The molecule has 8 heteroatoms. The highest BCUT2D eigenvalue weighted by Crippen LogP contribution is 2.29. The average molecular weight is 402 g/mol. The summed E-state index contributed by atoms with van der Waals surface area (Å²) in [6, 6.07) is 5.05. The lowest BCUT2D eigenvalue weighted by Gasteiger charge is -2.08. The van der Waals surface area contributed by atoms with Crippen molar-refractivity contribution in [2.24, 2.45) is 0 Å². The van der Waals surface area contributed by atoms with Gasteiger partial charge in [-0.3, -0.25) is 4.79 Å². The fraction of sp³-hybridized carbons (Fsp3) is 0.471. The van der Waals surface area contributed by atoms with Crippen LogP contribution in [0.5, 0.6) is 5.75 Å². The highest BCUT2D eigenvalue weighted by Gasteiger charge is 2.14. The first kappa shape index (κ1) is 19.9. The van der Waals surface area contributed by atoms with Gasteiger partial charge in [-0.15, -0.1) is 10.2 Å². The molecule has 0 spiro atoms. The molecule has 5 nitrogen and oxygen atoms in total. The van der Waals surface area contributed by atoms with Gasteiger partial charge in [0, 0.05) is 17.4 Å². The van der Waals surface area contributed by atoms with Crippen LogP contribution in [0.3, 0.4) is 0 Å². The van der Waals surface area contributed by atoms with Crippen molar-refractivity contribution in [2.45, 2.75) is 45.4 Å². The maximum atomic E-state index is 12.0. The summed E-state index contributed by atoms with van der Waals surface area (Å²) in [7, 11) is 0. The van der Waals surface area contributed by atoms with Crippen molar-refractivity contribution in [3.05, 3.63) is 33.3 Å². The van der Waals surface area contributed by atoms with Crippen molar-refractivity contribution in [1.29, 1.82) is 0 Å². The van der Waals surface area contributed by atoms with Gasteiger partial charge in [-0.05, 0) is 37.5 Å². The molecule has 1 amide bonds. The highest BCUT2D eigenvalue weighted by molar-refractivity contribution is 7.15. The van der Waals surface area contributed by atoms with Gasteiger partial charge in [-0.25, -0.2) is 0 Å². The van der Waals surface area contributed by atoms with E-state index in [9.17, 15) is 4.79 Å². The third-order valence-corrected chi connectivity index (χ3v) is 5.25. The smallest absolute Gasteiger partial charge is 0.226 e.